The van der Waals surface area contributed by atoms with Gasteiger partial charge in [0.25, 0.3) is 0 Å². The minimum atomic E-state index is 0.598. The number of likely N-dealkylation sites (tertiary alicyclic amines) is 1. The topological polar surface area (TPSA) is 29.4 Å². The van der Waals surface area contributed by atoms with Gasteiger partial charge in [-0.05, 0) is 81.2 Å². The number of rotatable bonds is 7. The van der Waals surface area contributed by atoms with Crippen LogP contribution in [0.25, 0.3) is 5.69 Å². The standard InChI is InChI=1S/C26H33N3O/c1-20-17-23(21(2)29(20)25-9-11-26(30-3)12-10-25)18-27-24-13-15-28(16-14-24)19-22-7-5-4-6-8-22/h4-12,17,24,27H,13-16,18-19H2,1-3H3. The fraction of sp³-hybridized carbons (Fsp3) is 0.385. The number of hydrogen-bond donors (Lipinski definition) is 1. The Morgan fingerprint density at radius 1 is 0.967 bits per heavy atom. The minimum Gasteiger partial charge on any atom is -0.497 e. The summed E-state index contributed by atoms with van der Waals surface area (Å²) < 4.78 is 7.63. The Kier molecular flexibility index (Phi) is 6.56. The lowest BCUT2D eigenvalue weighted by molar-refractivity contribution is 0.190. The van der Waals surface area contributed by atoms with Crippen molar-refractivity contribution in [3.8, 4) is 11.4 Å². The van der Waals surface area contributed by atoms with Gasteiger partial charge >= 0.3 is 0 Å². The summed E-state index contributed by atoms with van der Waals surface area (Å²) in [5.74, 6) is 0.890. The van der Waals surface area contributed by atoms with E-state index < -0.39 is 0 Å². The van der Waals surface area contributed by atoms with E-state index in [9.17, 15) is 0 Å². The molecular weight excluding hydrogens is 370 g/mol. The molecule has 158 valence electrons. The number of aryl methyl sites for hydroxylation is 1. The summed E-state index contributed by atoms with van der Waals surface area (Å²) >= 11 is 0. The number of hydrogen-bond acceptors (Lipinski definition) is 3. The molecule has 3 aromatic rings. The van der Waals surface area contributed by atoms with Crippen LogP contribution in [0.5, 0.6) is 5.75 Å². The molecule has 1 aliphatic rings. The van der Waals surface area contributed by atoms with Crippen LogP contribution < -0.4 is 10.1 Å². The number of piperidine rings is 1. The van der Waals surface area contributed by atoms with Crippen LogP contribution in [0.2, 0.25) is 0 Å². The predicted octanol–water partition coefficient (Wildman–Crippen LogP) is 4.86. The molecule has 4 nitrogen and oxygen atoms in total. The monoisotopic (exact) mass is 403 g/mol. The van der Waals surface area contributed by atoms with Crippen molar-refractivity contribution < 1.29 is 4.74 Å². The molecule has 1 saturated heterocycles. The van der Waals surface area contributed by atoms with E-state index in [1.165, 1.54) is 41.0 Å². The van der Waals surface area contributed by atoms with Gasteiger partial charge in [-0.25, -0.2) is 0 Å². The van der Waals surface area contributed by atoms with Gasteiger partial charge in [0, 0.05) is 36.2 Å². The fourth-order valence-corrected chi connectivity index (χ4v) is 4.53. The Labute approximate surface area is 180 Å². The maximum absolute atomic E-state index is 5.29. The van der Waals surface area contributed by atoms with E-state index in [1.807, 2.05) is 12.1 Å². The van der Waals surface area contributed by atoms with Gasteiger partial charge in [-0.1, -0.05) is 30.3 Å². The highest BCUT2D eigenvalue weighted by Gasteiger charge is 2.19. The Hall–Kier alpha value is -2.56. The molecule has 4 heteroatoms. The molecule has 1 N–H and O–H groups in total. The summed E-state index contributed by atoms with van der Waals surface area (Å²) in [5.41, 5.74) is 6.56. The van der Waals surface area contributed by atoms with E-state index >= 15 is 0 Å². The molecule has 1 aromatic heterocycles. The summed E-state index contributed by atoms with van der Waals surface area (Å²) in [5, 5.41) is 3.81. The number of nitrogens with zero attached hydrogens (tertiary/aromatic N) is 2. The molecule has 0 unspecified atom stereocenters. The fourth-order valence-electron chi connectivity index (χ4n) is 4.53. The zero-order chi connectivity index (χ0) is 20.9. The van der Waals surface area contributed by atoms with Crippen molar-refractivity contribution >= 4 is 0 Å². The molecule has 0 aliphatic carbocycles. The second kappa shape index (κ2) is 9.50. The van der Waals surface area contributed by atoms with Crippen molar-refractivity contribution in [2.24, 2.45) is 0 Å². The molecule has 1 fully saturated rings. The quantitative estimate of drug-likeness (QED) is 0.611. The first kappa shape index (κ1) is 20.7. The lowest BCUT2D eigenvalue weighted by Gasteiger charge is -2.32. The van der Waals surface area contributed by atoms with Crippen molar-refractivity contribution in [3.05, 3.63) is 83.2 Å². The third kappa shape index (κ3) is 4.77. The second-order valence-electron chi connectivity index (χ2n) is 8.35. The first-order valence-corrected chi connectivity index (χ1v) is 11.0. The average molecular weight is 404 g/mol. The molecule has 30 heavy (non-hydrogen) atoms. The van der Waals surface area contributed by atoms with Crippen LogP contribution in [0.15, 0.2) is 60.7 Å². The van der Waals surface area contributed by atoms with E-state index in [0.717, 1.165) is 31.9 Å². The number of methoxy groups -OCH3 is 1. The van der Waals surface area contributed by atoms with Crippen molar-refractivity contribution in [2.75, 3.05) is 20.2 Å². The minimum absolute atomic E-state index is 0.598. The predicted molar refractivity (Wildman–Crippen MR) is 123 cm³/mol. The first-order chi connectivity index (χ1) is 14.6. The molecule has 0 atom stereocenters. The molecule has 0 saturated carbocycles. The van der Waals surface area contributed by atoms with Crippen LogP contribution >= 0.6 is 0 Å². The molecule has 2 heterocycles. The smallest absolute Gasteiger partial charge is 0.119 e. The zero-order valence-corrected chi connectivity index (χ0v) is 18.4. The van der Waals surface area contributed by atoms with Crippen LogP contribution in [-0.4, -0.2) is 35.7 Å². The Balaban J connectivity index is 1.32. The van der Waals surface area contributed by atoms with E-state index in [-0.39, 0.29) is 0 Å². The van der Waals surface area contributed by atoms with Crippen molar-refractivity contribution in [2.45, 2.75) is 45.8 Å². The van der Waals surface area contributed by atoms with Gasteiger partial charge in [0.05, 0.1) is 7.11 Å². The molecule has 0 bridgehead atoms. The van der Waals surface area contributed by atoms with Crippen LogP contribution in [0.4, 0.5) is 0 Å². The van der Waals surface area contributed by atoms with E-state index in [0.29, 0.717) is 6.04 Å². The second-order valence-corrected chi connectivity index (χ2v) is 8.35. The Morgan fingerprint density at radius 3 is 2.33 bits per heavy atom. The van der Waals surface area contributed by atoms with Gasteiger partial charge in [0.15, 0.2) is 0 Å². The summed E-state index contributed by atoms with van der Waals surface area (Å²) in [7, 11) is 1.71. The van der Waals surface area contributed by atoms with Crippen LogP contribution in [0.1, 0.15) is 35.4 Å². The van der Waals surface area contributed by atoms with E-state index in [2.05, 4.69) is 77.2 Å². The maximum Gasteiger partial charge on any atom is 0.119 e. The third-order valence-electron chi connectivity index (χ3n) is 6.28. The highest BCUT2D eigenvalue weighted by Crippen LogP contribution is 2.23. The van der Waals surface area contributed by atoms with Gasteiger partial charge in [-0.15, -0.1) is 0 Å². The third-order valence-corrected chi connectivity index (χ3v) is 6.28. The van der Waals surface area contributed by atoms with E-state index in [4.69, 9.17) is 4.74 Å². The lowest BCUT2D eigenvalue weighted by Crippen LogP contribution is -2.41. The normalized spacial score (nSPS) is 15.4. The van der Waals surface area contributed by atoms with Gasteiger partial charge in [0.1, 0.15) is 5.75 Å². The number of nitrogens with one attached hydrogen (secondary N) is 1. The number of aromatic nitrogens is 1. The SMILES string of the molecule is COc1ccc(-n2c(C)cc(CNC3CCN(Cc4ccccc4)CC3)c2C)cc1. The van der Waals surface area contributed by atoms with Crippen LogP contribution in [0, 0.1) is 13.8 Å². The number of ether oxygens (including phenoxy) is 1. The molecule has 0 spiro atoms. The maximum atomic E-state index is 5.29. The van der Waals surface area contributed by atoms with Gasteiger partial charge in [0.2, 0.25) is 0 Å². The number of benzene rings is 2. The van der Waals surface area contributed by atoms with Gasteiger partial charge in [-0.3, -0.25) is 4.90 Å². The summed E-state index contributed by atoms with van der Waals surface area (Å²) in [6.45, 7) is 8.73. The van der Waals surface area contributed by atoms with Gasteiger partial charge < -0.3 is 14.6 Å². The van der Waals surface area contributed by atoms with Crippen LogP contribution in [0.3, 0.4) is 0 Å². The Morgan fingerprint density at radius 2 is 1.67 bits per heavy atom. The largest absolute Gasteiger partial charge is 0.497 e. The van der Waals surface area contributed by atoms with Crippen molar-refractivity contribution in [1.82, 2.24) is 14.8 Å². The Bertz CT molecular complexity index is 938. The van der Waals surface area contributed by atoms with Gasteiger partial charge in [-0.2, -0.15) is 0 Å². The molecule has 0 radical (unpaired) electrons. The highest BCUT2D eigenvalue weighted by atomic mass is 16.5. The van der Waals surface area contributed by atoms with Crippen molar-refractivity contribution in [1.29, 1.82) is 0 Å². The first-order valence-electron chi connectivity index (χ1n) is 11.0. The summed E-state index contributed by atoms with van der Waals surface area (Å²) in [6, 6.07) is 22.0. The van der Waals surface area contributed by atoms with E-state index in [1.54, 1.807) is 7.11 Å². The molecule has 2 aromatic carbocycles. The molecule has 4 rings (SSSR count). The summed E-state index contributed by atoms with van der Waals surface area (Å²) in [6.07, 6.45) is 2.42. The zero-order valence-electron chi connectivity index (χ0n) is 18.4. The lowest BCUT2D eigenvalue weighted by atomic mass is 10.0. The molecular formula is C26H33N3O. The summed E-state index contributed by atoms with van der Waals surface area (Å²) in [4.78, 5) is 2.57. The molecule has 1 aliphatic heterocycles. The molecule has 0 amide bonds. The highest BCUT2D eigenvalue weighted by molar-refractivity contribution is 5.43. The average Bonchev–Trinajstić information content (AvgIpc) is 3.07. The van der Waals surface area contributed by atoms with Crippen LogP contribution in [-0.2, 0) is 13.1 Å². The van der Waals surface area contributed by atoms with Crippen molar-refractivity contribution in [3.63, 3.8) is 0 Å².